The number of nitrogens with zero attached hydrogens (tertiary/aromatic N) is 1. The molecule has 0 radical (unpaired) electrons. The van der Waals surface area contributed by atoms with E-state index >= 15 is 0 Å². The molecule has 2 fully saturated rings. The minimum Gasteiger partial charge on any atom is -0.348 e. The fourth-order valence-corrected chi connectivity index (χ4v) is 5.69. The molecule has 0 spiro atoms. The Bertz CT molecular complexity index is 786. The molecule has 1 saturated carbocycles. The average molecular weight is 423 g/mol. The number of carbonyl (C=O) groups is 1. The van der Waals surface area contributed by atoms with Gasteiger partial charge in [0.1, 0.15) is 0 Å². The monoisotopic (exact) mass is 422 g/mol. The molecule has 0 atom stereocenters. The van der Waals surface area contributed by atoms with Crippen LogP contribution in [0.5, 0.6) is 0 Å². The molecule has 2 N–H and O–H groups in total. The highest BCUT2D eigenvalue weighted by Crippen LogP contribution is 2.24. The van der Waals surface area contributed by atoms with Crippen LogP contribution in [0.15, 0.2) is 29.2 Å². The summed E-state index contributed by atoms with van der Waals surface area (Å²) in [6, 6.07) is 7.57. The second-order valence-electron chi connectivity index (χ2n) is 9.51. The Morgan fingerprint density at radius 1 is 1.07 bits per heavy atom. The van der Waals surface area contributed by atoms with Crippen LogP contribution in [0.25, 0.3) is 0 Å². The van der Waals surface area contributed by atoms with Gasteiger partial charge in [-0.05, 0) is 36.0 Å². The normalized spacial score (nSPS) is 20.5. The van der Waals surface area contributed by atoms with Crippen LogP contribution in [0, 0.1) is 0 Å². The van der Waals surface area contributed by atoms with Gasteiger partial charge in [0.05, 0.1) is 31.1 Å². The first-order chi connectivity index (χ1) is 13.7. The molecular weight excluding hydrogens is 386 g/mol. The third-order valence-electron chi connectivity index (χ3n) is 6.17. The topological polar surface area (TPSA) is 70.9 Å². The Labute approximate surface area is 175 Å². The predicted octanol–water partition coefficient (Wildman–Crippen LogP) is 1.32. The summed E-state index contributed by atoms with van der Waals surface area (Å²) in [4.78, 5) is 13.8. The smallest absolute Gasteiger partial charge is 0.275 e. The van der Waals surface area contributed by atoms with Gasteiger partial charge in [0, 0.05) is 6.04 Å². The van der Waals surface area contributed by atoms with E-state index in [-0.39, 0.29) is 11.3 Å². The van der Waals surface area contributed by atoms with Crippen molar-refractivity contribution in [3.05, 3.63) is 29.8 Å². The fraction of sp³-hybridized carbons (Fsp3) is 0.682. The fourth-order valence-electron chi connectivity index (χ4n) is 4.25. The minimum absolute atomic E-state index is 0.00449. The molecule has 2 aliphatic rings. The van der Waals surface area contributed by atoms with Crippen molar-refractivity contribution in [1.82, 2.24) is 9.62 Å². The molecule has 6 nitrogen and oxygen atoms in total. The molecule has 0 aromatic heterocycles. The second kappa shape index (κ2) is 9.14. The molecule has 3 rings (SSSR count). The molecule has 29 heavy (non-hydrogen) atoms. The largest absolute Gasteiger partial charge is 0.348 e. The van der Waals surface area contributed by atoms with E-state index < -0.39 is 10.0 Å². The Hall–Kier alpha value is -1.44. The SMILES string of the molecule is CC(C)(C)c1ccc(S(=O)(=O)N2CC[NH+](CC(=O)NC3CCCCC3)CC2)cc1. The van der Waals surface area contributed by atoms with Gasteiger partial charge in [-0.3, -0.25) is 4.79 Å². The van der Waals surface area contributed by atoms with Gasteiger partial charge in [-0.25, -0.2) is 8.42 Å². The third kappa shape index (κ3) is 5.80. The quantitative estimate of drug-likeness (QED) is 0.752. The van der Waals surface area contributed by atoms with E-state index in [1.807, 2.05) is 12.1 Å². The number of amides is 1. The molecule has 0 bridgehead atoms. The first-order valence-electron chi connectivity index (χ1n) is 10.9. The average Bonchev–Trinajstić information content (AvgIpc) is 2.68. The summed E-state index contributed by atoms with van der Waals surface area (Å²) in [5.41, 5.74) is 1.12. The molecule has 7 heteroatoms. The summed E-state index contributed by atoms with van der Waals surface area (Å²) in [6.45, 7) is 9.01. The van der Waals surface area contributed by atoms with E-state index in [0.717, 1.165) is 23.3 Å². The Balaban J connectivity index is 1.52. The van der Waals surface area contributed by atoms with Crippen LogP contribution in [-0.2, 0) is 20.2 Å². The number of hydrogen-bond acceptors (Lipinski definition) is 3. The second-order valence-corrected chi connectivity index (χ2v) is 11.4. The first kappa shape index (κ1) is 22.2. The lowest BCUT2D eigenvalue weighted by Gasteiger charge is -2.32. The zero-order valence-electron chi connectivity index (χ0n) is 18.0. The third-order valence-corrected chi connectivity index (χ3v) is 8.08. The number of carbonyl (C=O) groups excluding carboxylic acids is 1. The van der Waals surface area contributed by atoms with Crippen LogP contribution in [0.3, 0.4) is 0 Å². The molecule has 1 aromatic rings. The maximum atomic E-state index is 13.0. The van der Waals surface area contributed by atoms with Gasteiger partial charge in [0.25, 0.3) is 5.91 Å². The predicted molar refractivity (Wildman–Crippen MR) is 114 cm³/mol. The van der Waals surface area contributed by atoms with Gasteiger partial charge in [0.2, 0.25) is 10.0 Å². The molecule has 1 amide bonds. The van der Waals surface area contributed by atoms with Gasteiger partial charge in [0.15, 0.2) is 6.54 Å². The summed E-state index contributed by atoms with van der Waals surface area (Å²) >= 11 is 0. The van der Waals surface area contributed by atoms with Crippen molar-refractivity contribution in [3.8, 4) is 0 Å². The lowest BCUT2D eigenvalue weighted by atomic mass is 9.87. The van der Waals surface area contributed by atoms with E-state index in [1.54, 1.807) is 16.4 Å². The lowest BCUT2D eigenvalue weighted by molar-refractivity contribution is -0.895. The highest BCUT2D eigenvalue weighted by atomic mass is 32.2. The highest BCUT2D eigenvalue weighted by Gasteiger charge is 2.31. The zero-order chi connectivity index (χ0) is 21.1. The van der Waals surface area contributed by atoms with Gasteiger partial charge in [-0.15, -0.1) is 0 Å². The van der Waals surface area contributed by atoms with Crippen molar-refractivity contribution >= 4 is 15.9 Å². The van der Waals surface area contributed by atoms with Gasteiger partial charge in [-0.1, -0.05) is 52.2 Å². The standard InChI is InChI=1S/C22H35N3O3S/c1-22(2,3)18-9-11-20(12-10-18)29(27,28)25-15-13-24(14-16-25)17-21(26)23-19-7-5-4-6-8-19/h9-12,19H,4-8,13-17H2,1-3H3,(H,23,26)/p+1. The maximum absolute atomic E-state index is 13.0. The summed E-state index contributed by atoms with van der Waals surface area (Å²) in [5, 5.41) is 3.16. The number of hydrogen-bond donors (Lipinski definition) is 2. The Kier molecular flexibility index (Phi) is 7.02. The summed E-state index contributed by atoms with van der Waals surface area (Å²) in [5.74, 6) is 0.0981. The number of rotatable bonds is 5. The van der Waals surface area contributed by atoms with Gasteiger partial charge >= 0.3 is 0 Å². The van der Waals surface area contributed by atoms with Crippen molar-refractivity contribution in [3.63, 3.8) is 0 Å². The van der Waals surface area contributed by atoms with Gasteiger partial charge in [-0.2, -0.15) is 4.31 Å². The number of piperazine rings is 1. The molecule has 1 aliphatic carbocycles. The number of sulfonamides is 1. The Morgan fingerprint density at radius 3 is 2.21 bits per heavy atom. The van der Waals surface area contributed by atoms with Crippen molar-refractivity contribution in [2.45, 2.75) is 69.2 Å². The highest BCUT2D eigenvalue weighted by molar-refractivity contribution is 7.89. The lowest BCUT2D eigenvalue weighted by Crippen LogP contribution is -3.15. The van der Waals surface area contributed by atoms with E-state index in [4.69, 9.17) is 0 Å². The molecular formula is C22H36N3O3S+. The first-order valence-corrected chi connectivity index (χ1v) is 12.3. The maximum Gasteiger partial charge on any atom is 0.275 e. The van der Waals surface area contributed by atoms with Crippen LogP contribution in [0.1, 0.15) is 58.4 Å². The van der Waals surface area contributed by atoms with Crippen molar-refractivity contribution in [1.29, 1.82) is 0 Å². The number of quaternary nitrogens is 1. The van der Waals surface area contributed by atoms with E-state index in [2.05, 4.69) is 26.1 Å². The molecule has 1 aliphatic heterocycles. The van der Waals surface area contributed by atoms with Crippen molar-refractivity contribution < 1.29 is 18.1 Å². The number of nitrogens with one attached hydrogen (secondary N) is 2. The van der Waals surface area contributed by atoms with E-state index in [1.165, 1.54) is 19.3 Å². The summed E-state index contributed by atoms with van der Waals surface area (Å²) < 4.78 is 27.5. The minimum atomic E-state index is -3.48. The Morgan fingerprint density at radius 2 is 1.66 bits per heavy atom. The summed E-state index contributed by atoms with van der Waals surface area (Å²) in [6.07, 6.45) is 5.84. The molecule has 1 aromatic carbocycles. The molecule has 162 valence electrons. The molecule has 0 unspecified atom stereocenters. The summed E-state index contributed by atoms with van der Waals surface area (Å²) in [7, 11) is -3.48. The van der Waals surface area contributed by atoms with Gasteiger partial charge < -0.3 is 10.2 Å². The van der Waals surface area contributed by atoms with Crippen LogP contribution in [0.4, 0.5) is 0 Å². The van der Waals surface area contributed by atoms with Crippen molar-refractivity contribution in [2.75, 3.05) is 32.7 Å². The number of benzene rings is 1. The zero-order valence-corrected chi connectivity index (χ0v) is 18.9. The van der Waals surface area contributed by atoms with E-state index in [0.29, 0.717) is 43.7 Å². The molecule has 1 saturated heterocycles. The van der Waals surface area contributed by atoms with Crippen LogP contribution in [-0.4, -0.2) is 57.4 Å². The van der Waals surface area contributed by atoms with Crippen LogP contribution in [0.2, 0.25) is 0 Å². The van der Waals surface area contributed by atoms with Crippen LogP contribution < -0.4 is 10.2 Å². The van der Waals surface area contributed by atoms with Crippen LogP contribution >= 0.6 is 0 Å². The van der Waals surface area contributed by atoms with Crippen molar-refractivity contribution in [2.24, 2.45) is 0 Å². The van der Waals surface area contributed by atoms with E-state index in [9.17, 15) is 13.2 Å². The molecule has 1 heterocycles.